The lowest BCUT2D eigenvalue weighted by molar-refractivity contribution is -0.0367. The number of benzene rings is 1. The van der Waals surface area contributed by atoms with Crippen molar-refractivity contribution in [1.82, 2.24) is 9.78 Å². The molecule has 1 unspecified atom stereocenters. The molecule has 1 fully saturated rings. The van der Waals surface area contributed by atoms with E-state index in [0.717, 1.165) is 19.3 Å². The number of hydrogen-bond acceptors (Lipinski definition) is 5. The number of aromatic nitrogens is 2. The summed E-state index contributed by atoms with van der Waals surface area (Å²) in [6.45, 7) is 2.11. The molecule has 2 N–H and O–H groups in total. The van der Waals surface area contributed by atoms with Gasteiger partial charge in [0.25, 0.3) is 0 Å². The molecule has 5 nitrogen and oxygen atoms in total. The van der Waals surface area contributed by atoms with Crippen molar-refractivity contribution in [3.8, 4) is 0 Å². The van der Waals surface area contributed by atoms with Crippen LogP contribution in [0.5, 0.6) is 0 Å². The molecule has 0 amide bonds. The van der Waals surface area contributed by atoms with Gasteiger partial charge in [0, 0.05) is 22.4 Å². The van der Waals surface area contributed by atoms with Crippen molar-refractivity contribution in [2.45, 2.75) is 42.8 Å². The maximum atomic E-state index is 12.8. The first-order valence-corrected chi connectivity index (χ1v) is 8.34. The van der Waals surface area contributed by atoms with Crippen molar-refractivity contribution in [2.24, 2.45) is 0 Å². The fraction of sp³-hybridized carbons (Fsp3) is 0.500. The fourth-order valence-corrected chi connectivity index (χ4v) is 3.76. The highest BCUT2D eigenvalue weighted by Gasteiger charge is 2.35. The maximum Gasteiger partial charge on any atom is 0.490 e. The second-order valence-corrected chi connectivity index (χ2v) is 6.78. The first kappa shape index (κ1) is 17.6. The molecule has 3 rings (SSSR count). The summed E-state index contributed by atoms with van der Waals surface area (Å²) in [5, 5.41) is 23.8. The van der Waals surface area contributed by atoms with Crippen molar-refractivity contribution >= 4 is 35.2 Å². The molecule has 0 radical (unpaired) electrons. The summed E-state index contributed by atoms with van der Waals surface area (Å²) in [4.78, 5) is -0.200. The summed E-state index contributed by atoms with van der Waals surface area (Å²) in [7, 11) is -2.03. The number of halogens is 3. The Kier molecular flexibility index (Phi) is 4.83. The van der Waals surface area contributed by atoms with Crippen LogP contribution in [0.2, 0.25) is 0 Å². The lowest BCUT2D eigenvalue weighted by Gasteiger charge is -2.24. The Balaban J connectivity index is 2.15. The number of ether oxygens (including phenoxy) is 1. The van der Waals surface area contributed by atoms with Crippen LogP contribution in [0, 0.1) is 6.92 Å². The van der Waals surface area contributed by atoms with Gasteiger partial charge in [0.1, 0.15) is 0 Å². The molecule has 1 aliphatic rings. The van der Waals surface area contributed by atoms with Gasteiger partial charge in [-0.05, 0) is 49.6 Å². The summed E-state index contributed by atoms with van der Waals surface area (Å²) in [6, 6.07) is 1.58. The Morgan fingerprint density at radius 1 is 1.38 bits per heavy atom. The van der Waals surface area contributed by atoms with Crippen molar-refractivity contribution in [1.29, 1.82) is 0 Å². The van der Waals surface area contributed by atoms with Crippen LogP contribution >= 0.6 is 11.8 Å². The molecule has 10 heteroatoms. The van der Waals surface area contributed by atoms with Crippen LogP contribution in [-0.2, 0) is 4.74 Å². The average molecular weight is 360 g/mol. The quantitative estimate of drug-likeness (QED) is 0.650. The highest BCUT2D eigenvalue weighted by atomic mass is 32.2. The highest BCUT2D eigenvalue weighted by molar-refractivity contribution is 8.00. The second-order valence-electron chi connectivity index (χ2n) is 5.70. The van der Waals surface area contributed by atoms with E-state index in [1.807, 2.05) is 0 Å². The molecule has 1 aromatic heterocycles. The lowest BCUT2D eigenvalue weighted by atomic mass is 9.77. The third-order valence-electron chi connectivity index (χ3n) is 3.98. The van der Waals surface area contributed by atoms with E-state index in [2.05, 4.69) is 5.10 Å². The number of hydrogen-bond donors (Lipinski definition) is 2. The van der Waals surface area contributed by atoms with Gasteiger partial charge in [-0.2, -0.15) is 18.3 Å². The SMILES string of the molecule is Cc1cc2c(cnn2C2CCCCO2)c(B(O)O)c1SC(F)(F)F. The molecular weight excluding hydrogens is 344 g/mol. The maximum absolute atomic E-state index is 12.8. The Hall–Kier alpha value is -1.23. The van der Waals surface area contributed by atoms with Crippen molar-refractivity contribution in [2.75, 3.05) is 6.61 Å². The highest BCUT2D eigenvalue weighted by Crippen LogP contribution is 2.39. The zero-order valence-corrected chi connectivity index (χ0v) is 13.7. The fourth-order valence-electron chi connectivity index (χ4n) is 2.98. The van der Waals surface area contributed by atoms with Gasteiger partial charge in [-0.3, -0.25) is 0 Å². The molecule has 1 aliphatic heterocycles. The van der Waals surface area contributed by atoms with Crippen LogP contribution < -0.4 is 5.46 Å². The Morgan fingerprint density at radius 2 is 2.12 bits per heavy atom. The molecule has 1 saturated heterocycles. The third-order valence-corrected chi connectivity index (χ3v) is 4.96. The first-order valence-electron chi connectivity index (χ1n) is 7.52. The van der Waals surface area contributed by atoms with Crippen molar-refractivity contribution in [3.05, 3.63) is 17.8 Å². The van der Waals surface area contributed by atoms with Crippen LogP contribution in [0.25, 0.3) is 10.9 Å². The summed E-state index contributed by atoms with van der Waals surface area (Å²) in [5.74, 6) is 0. The minimum atomic E-state index is -4.52. The van der Waals surface area contributed by atoms with Crippen LogP contribution in [0.3, 0.4) is 0 Å². The number of rotatable bonds is 3. The number of nitrogens with zero attached hydrogens (tertiary/aromatic N) is 2. The van der Waals surface area contributed by atoms with E-state index in [1.54, 1.807) is 10.7 Å². The minimum Gasteiger partial charge on any atom is -0.423 e. The zero-order chi connectivity index (χ0) is 17.5. The molecule has 0 bridgehead atoms. The zero-order valence-electron chi connectivity index (χ0n) is 12.9. The molecule has 0 aliphatic carbocycles. The van der Waals surface area contributed by atoms with Gasteiger partial charge in [0.15, 0.2) is 6.23 Å². The van der Waals surface area contributed by atoms with E-state index in [-0.39, 0.29) is 33.7 Å². The largest absolute Gasteiger partial charge is 0.490 e. The third kappa shape index (κ3) is 3.41. The molecule has 1 aromatic carbocycles. The van der Waals surface area contributed by atoms with Gasteiger partial charge >= 0.3 is 12.6 Å². The van der Waals surface area contributed by atoms with Gasteiger partial charge in [-0.25, -0.2) is 4.68 Å². The van der Waals surface area contributed by atoms with Crippen LogP contribution in [0.1, 0.15) is 31.1 Å². The van der Waals surface area contributed by atoms with E-state index in [4.69, 9.17) is 4.74 Å². The van der Waals surface area contributed by atoms with E-state index in [0.29, 0.717) is 17.7 Å². The van der Waals surface area contributed by atoms with E-state index in [1.165, 1.54) is 13.1 Å². The van der Waals surface area contributed by atoms with Gasteiger partial charge in [0.2, 0.25) is 0 Å². The molecule has 2 aromatic rings. The van der Waals surface area contributed by atoms with Crippen molar-refractivity contribution in [3.63, 3.8) is 0 Å². The molecule has 24 heavy (non-hydrogen) atoms. The van der Waals surface area contributed by atoms with Crippen LogP contribution in [-0.4, -0.2) is 39.1 Å². The summed E-state index contributed by atoms with van der Waals surface area (Å²) in [5.41, 5.74) is -3.85. The first-order chi connectivity index (χ1) is 11.3. The predicted octanol–water partition coefficient (Wildman–Crippen LogP) is 2.34. The molecule has 1 atom stereocenters. The number of fused-ring (bicyclic) bond motifs is 1. The van der Waals surface area contributed by atoms with E-state index in [9.17, 15) is 23.2 Å². The van der Waals surface area contributed by atoms with Gasteiger partial charge < -0.3 is 14.8 Å². The molecule has 0 saturated carbocycles. The Labute approximate surface area is 140 Å². The normalized spacial score (nSPS) is 19.0. The van der Waals surface area contributed by atoms with Gasteiger partial charge in [0.05, 0.1) is 11.7 Å². The van der Waals surface area contributed by atoms with Crippen molar-refractivity contribution < 1.29 is 28.0 Å². The monoisotopic (exact) mass is 360 g/mol. The van der Waals surface area contributed by atoms with E-state index >= 15 is 0 Å². The summed E-state index contributed by atoms with van der Waals surface area (Å²) in [6.07, 6.45) is 3.76. The van der Waals surface area contributed by atoms with Gasteiger partial charge in [-0.1, -0.05) is 0 Å². The number of alkyl halides is 3. The minimum absolute atomic E-state index is 0.172. The molecule has 0 spiro atoms. The number of thioether (sulfide) groups is 1. The van der Waals surface area contributed by atoms with Gasteiger partial charge in [-0.15, -0.1) is 0 Å². The van der Waals surface area contributed by atoms with Crippen LogP contribution in [0.15, 0.2) is 17.2 Å². The predicted molar refractivity (Wildman–Crippen MR) is 85.0 cm³/mol. The van der Waals surface area contributed by atoms with E-state index < -0.39 is 12.6 Å². The molecule has 2 heterocycles. The summed E-state index contributed by atoms with van der Waals surface area (Å²) < 4.78 is 45.7. The standard InChI is InChI=1S/C14H16BF3N2O3S/c1-8-6-10-9(7-19-20(10)11-4-2-3-5-23-11)12(15(21)22)13(8)24-14(16,17)18/h6-7,11,21-22H,2-5H2,1H3. The Morgan fingerprint density at radius 3 is 2.71 bits per heavy atom. The molecular formula is C14H16BF3N2O3S. The second kappa shape index (κ2) is 6.59. The molecule has 130 valence electrons. The topological polar surface area (TPSA) is 67.5 Å². The lowest BCUT2D eigenvalue weighted by Crippen LogP contribution is -2.33. The van der Waals surface area contributed by atoms with Crippen LogP contribution in [0.4, 0.5) is 13.2 Å². The number of aryl methyl sites for hydroxylation is 1. The Bertz CT molecular complexity index is 745. The summed E-state index contributed by atoms with van der Waals surface area (Å²) >= 11 is -0.346. The average Bonchev–Trinajstić information content (AvgIpc) is 2.90. The smallest absolute Gasteiger partial charge is 0.423 e.